The Balaban J connectivity index is 1.57. The van der Waals surface area contributed by atoms with Crippen LogP contribution in [0.15, 0.2) is 0 Å². The SMILES string of the molecule is O=C(CCC1CCCNC1)OC1CCC1. The number of hydrogen-bond acceptors (Lipinski definition) is 3. The molecule has 2 aliphatic rings. The molecule has 0 bridgehead atoms. The van der Waals surface area contributed by atoms with E-state index in [0.717, 1.165) is 32.4 Å². The fourth-order valence-corrected chi connectivity index (χ4v) is 2.23. The lowest BCUT2D eigenvalue weighted by atomic mass is 9.94. The summed E-state index contributed by atoms with van der Waals surface area (Å²) in [6, 6.07) is 0. The third-order valence-electron chi connectivity index (χ3n) is 3.51. The van der Waals surface area contributed by atoms with E-state index in [9.17, 15) is 4.79 Å². The van der Waals surface area contributed by atoms with E-state index in [4.69, 9.17) is 4.74 Å². The second-order valence-electron chi connectivity index (χ2n) is 4.79. The van der Waals surface area contributed by atoms with Gasteiger partial charge in [-0.05, 0) is 57.5 Å². The minimum Gasteiger partial charge on any atom is -0.462 e. The zero-order chi connectivity index (χ0) is 10.5. The highest BCUT2D eigenvalue weighted by Gasteiger charge is 2.22. The van der Waals surface area contributed by atoms with Gasteiger partial charge in [0.05, 0.1) is 0 Å². The van der Waals surface area contributed by atoms with E-state index in [1.807, 2.05) is 0 Å². The molecule has 1 N–H and O–H groups in total. The molecule has 15 heavy (non-hydrogen) atoms. The number of ether oxygens (including phenoxy) is 1. The topological polar surface area (TPSA) is 38.3 Å². The molecule has 0 aromatic carbocycles. The first kappa shape index (κ1) is 10.9. The number of esters is 1. The number of nitrogens with one attached hydrogen (secondary N) is 1. The summed E-state index contributed by atoms with van der Waals surface area (Å²) in [6.07, 6.45) is 7.77. The molecule has 1 aliphatic carbocycles. The predicted octanol–water partition coefficient (Wildman–Crippen LogP) is 1.86. The lowest BCUT2D eigenvalue weighted by molar-refractivity contribution is -0.153. The average Bonchev–Trinajstić information content (AvgIpc) is 2.22. The van der Waals surface area contributed by atoms with E-state index in [1.54, 1.807) is 0 Å². The summed E-state index contributed by atoms with van der Waals surface area (Å²) in [5.74, 6) is 0.706. The predicted molar refractivity (Wildman–Crippen MR) is 58.6 cm³/mol. The van der Waals surface area contributed by atoms with Gasteiger partial charge in [0.15, 0.2) is 0 Å². The Morgan fingerprint density at radius 2 is 2.13 bits per heavy atom. The van der Waals surface area contributed by atoms with Gasteiger partial charge in [-0.1, -0.05) is 0 Å². The molecule has 0 amide bonds. The molecule has 1 aliphatic heterocycles. The Kier molecular flexibility index (Phi) is 4.01. The van der Waals surface area contributed by atoms with Crippen molar-refractivity contribution in [2.24, 2.45) is 5.92 Å². The summed E-state index contributed by atoms with van der Waals surface area (Å²) < 4.78 is 5.32. The van der Waals surface area contributed by atoms with Crippen molar-refractivity contribution < 1.29 is 9.53 Å². The zero-order valence-corrected chi connectivity index (χ0v) is 9.34. The van der Waals surface area contributed by atoms with Crippen molar-refractivity contribution in [1.82, 2.24) is 5.32 Å². The Morgan fingerprint density at radius 1 is 1.27 bits per heavy atom. The van der Waals surface area contributed by atoms with Gasteiger partial charge in [-0.25, -0.2) is 0 Å². The number of piperidine rings is 1. The van der Waals surface area contributed by atoms with Crippen molar-refractivity contribution >= 4 is 5.97 Å². The van der Waals surface area contributed by atoms with Crippen LogP contribution in [0.25, 0.3) is 0 Å². The molecule has 1 saturated heterocycles. The highest BCUT2D eigenvalue weighted by atomic mass is 16.5. The highest BCUT2D eigenvalue weighted by Crippen LogP contribution is 2.23. The Hall–Kier alpha value is -0.570. The van der Waals surface area contributed by atoms with Gasteiger partial charge >= 0.3 is 5.97 Å². The van der Waals surface area contributed by atoms with E-state index in [-0.39, 0.29) is 12.1 Å². The number of hydrogen-bond donors (Lipinski definition) is 1. The van der Waals surface area contributed by atoms with Crippen LogP contribution in [-0.4, -0.2) is 25.2 Å². The first-order valence-electron chi connectivity index (χ1n) is 6.25. The Bertz CT molecular complexity index is 208. The van der Waals surface area contributed by atoms with Gasteiger partial charge in [-0.15, -0.1) is 0 Å². The van der Waals surface area contributed by atoms with E-state index >= 15 is 0 Å². The highest BCUT2D eigenvalue weighted by molar-refractivity contribution is 5.69. The summed E-state index contributed by atoms with van der Waals surface area (Å²) in [5.41, 5.74) is 0. The quantitative estimate of drug-likeness (QED) is 0.721. The molecule has 1 atom stereocenters. The monoisotopic (exact) mass is 211 g/mol. The molecule has 86 valence electrons. The van der Waals surface area contributed by atoms with Crippen LogP contribution < -0.4 is 5.32 Å². The van der Waals surface area contributed by atoms with Crippen LogP contribution in [0, 0.1) is 5.92 Å². The van der Waals surface area contributed by atoms with E-state index < -0.39 is 0 Å². The van der Waals surface area contributed by atoms with Crippen molar-refractivity contribution in [3.05, 3.63) is 0 Å². The average molecular weight is 211 g/mol. The van der Waals surface area contributed by atoms with Crippen molar-refractivity contribution in [3.63, 3.8) is 0 Å². The van der Waals surface area contributed by atoms with E-state index in [2.05, 4.69) is 5.32 Å². The molecule has 2 rings (SSSR count). The molecule has 0 aromatic heterocycles. The first-order chi connectivity index (χ1) is 7.34. The van der Waals surface area contributed by atoms with Crippen LogP contribution in [0.4, 0.5) is 0 Å². The van der Waals surface area contributed by atoms with Gasteiger partial charge in [0.2, 0.25) is 0 Å². The minimum absolute atomic E-state index is 0.0188. The van der Waals surface area contributed by atoms with E-state index in [0.29, 0.717) is 12.3 Å². The third kappa shape index (κ3) is 3.49. The van der Waals surface area contributed by atoms with E-state index in [1.165, 1.54) is 19.3 Å². The van der Waals surface area contributed by atoms with Gasteiger partial charge in [-0.2, -0.15) is 0 Å². The number of rotatable bonds is 4. The van der Waals surface area contributed by atoms with Crippen molar-refractivity contribution in [2.75, 3.05) is 13.1 Å². The van der Waals surface area contributed by atoms with Crippen LogP contribution in [0.2, 0.25) is 0 Å². The maximum Gasteiger partial charge on any atom is 0.306 e. The summed E-state index contributed by atoms with van der Waals surface area (Å²) in [5, 5.41) is 3.37. The molecule has 0 aromatic rings. The van der Waals surface area contributed by atoms with Crippen molar-refractivity contribution in [1.29, 1.82) is 0 Å². The molecule has 1 heterocycles. The maximum absolute atomic E-state index is 11.4. The summed E-state index contributed by atoms with van der Waals surface area (Å²) in [6.45, 7) is 2.22. The summed E-state index contributed by atoms with van der Waals surface area (Å²) >= 11 is 0. The summed E-state index contributed by atoms with van der Waals surface area (Å²) in [7, 11) is 0. The molecule has 0 radical (unpaired) electrons. The maximum atomic E-state index is 11.4. The Morgan fingerprint density at radius 3 is 2.73 bits per heavy atom. The molecule has 0 spiro atoms. The van der Waals surface area contributed by atoms with Gasteiger partial charge < -0.3 is 10.1 Å². The molecule has 1 unspecified atom stereocenters. The van der Waals surface area contributed by atoms with Gasteiger partial charge in [0.1, 0.15) is 6.10 Å². The molecule has 2 fully saturated rings. The van der Waals surface area contributed by atoms with Crippen molar-refractivity contribution in [3.8, 4) is 0 Å². The molecule has 1 saturated carbocycles. The van der Waals surface area contributed by atoms with Crippen LogP contribution in [0.1, 0.15) is 44.9 Å². The second kappa shape index (κ2) is 5.50. The number of carbonyl (C=O) groups excluding carboxylic acids is 1. The smallest absolute Gasteiger partial charge is 0.306 e. The lowest BCUT2D eigenvalue weighted by Gasteiger charge is -2.26. The van der Waals surface area contributed by atoms with Crippen LogP contribution in [0.3, 0.4) is 0 Å². The van der Waals surface area contributed by atoms with Crippen LogP contribution >= 0.6 is 0 Å². The standard InChI is InChI=1S/C12H21NO2/c14-12(15-11-4-1-5-11)7-6-10-3-2-8-13-9-10/h10-11,13H,1-9H2. The molecular weight excluding hydrogens is 190 g/mol. The second-order valence-corrected chi connectivity index (χ2v) is 4.79. The largest absolute Gasteiger partial charge is 0.462 e. The zero-order valence-electron chi connectivity index (χ0n) is 9.34. The van der Waals surface area contributed by atoms with Crippen molar-refractivity contribution in [2.45, 2.75) is 51.0 Å². The number of carbonyl (C=O) groups is 1. The molecular formula is C12H21NO2. The Labute approximate surface area is 91.6 Å². The van der Waals surface area contributed by atoms with Gasteiger partial charge in [-0.3, -0.25) is 4.79 Å². The lowest BCUT2D eigenvalue weighted by Crippen LogP contribution is -2.30. The first-order valence-corrected chi connectivity index (χ1v) is 6.25. The molecule has 3 heteroatoms. The van der Waals surface area contributed by atoms with Crippen LogP contribution in [0.5, 0.6) is 0 Å². The van der Waals surface area contributed by atoms with Gasteiger partial charge in [0.25, 0.3) is 0 Å². The van der Waals surface area contributed by atoms with Gasteiger partial charge in [0, 0.05) is 6.42 Å². The normalized spacial score (nSPS) is 27.1. The third-order valence-corrected chi connectivity index (χ3v) is 3.51. The summed E-state index contributed by atoms with van der Waals surface area (Å²) in [4.78, 5) is 11.4. The minimum atomic E-state index is 0.0188. The van der Waals surface area contributed by atoms with Crippen LogP contribution in [-0.2, 0) is 9.53 Å². The fraction of sp³-hybridized carbons (Fsp3) is 0.917. The fourth-order valence-electron chi connectivity index (χ4n) is 2.23. The molecule has 3 nitrogen and oxygen atoms in total.